The summed E-state index contributed by atoms with van der Waals surface area (Å²) in [4.78, 5) is 39.7. The van der Waals surface area contributed by atoms with Crippen LogP contribution in [0, 0.1) is 5.92 Å². The molecule has 190 valence electrons. The fraction of sp³-hybridized carbons (Fsp3) is 0.560. The van der Waals surface area contributed by atoms with Crippen LogP contribution in [0.3, 0.4) is 0 Å². The number of hydrogen-bond acceptors (Lipinski definition) is 5. The lowest BCUT2D eigenvalue weighted by molar-refractivity contribution is -0.127. The maximum absolute atomic E-state index is 13.3. The largest absolute Gasteiger partial charge is 0.352 e. The van der Waals surface area contributed by atoms with Crippen molar-refractivity contribution >= 4 is 32.7 Å². The maximum Gasteiger partial charge on any atom is 0.256 e. The standard InChI is InChI=1S/C25H34N4O5S/c1-3-27-17-21(25(32)26-11-5-13-28-12-4-6-23(28)30)24(31)20-16-19(7-8-22(20)27)35(33,34)29-14-9-18(2)10-15-29/h7-8,16-18H,3-6,9-15H2,1-2H3,(H,26,32). The van der Waals surface area contributed by atoms with Gasteiger partial charge in [-0.1, -0.05) is 6.92 Å². The van der Waals surface area contributed by atoms with Crippen LogP contribution in [0.4, 0.5) is 0 Å². The second kappa shape index (κ2) is 10.5. The molecule has 0 saturated carbocycles. The van der Waals surface area contributed by atoms with Gasteiger partial charge in [0, 0.05) is 57.3 Å². The smallest absolute Gasteiger partial charge is 0.256 e. The van der Waals surface area contributed by atoms with Gasteiger partial charge in [0.05, 0.1) is 10.4 Å². The molecule has 1 aromatic carbocycles. The number of piperidine rings is 1. The first kappa shape index (κ1) is 25.4. The van der Waals surface area contributed by atoms with Gasteiger partial charge in [0.2, 0.25) is 21.4 Å². The van der Waals surface area contributed by atoms with Gasteiger partial charge in [-0.3, -0.25) is 14.4 Å². The van der Waals surface area contributed by atoms with Crippen LogP contribution >= 0.6 is 0 Å². The summed E-state index contributed by atoms with van der Waals surface area (Å²) in [5.41, 5.74) is 0.0898. The highest BCUT2D eigenvalue weighted by Crippen LogP contribution is 2.25. The van der Waals surface area contributed by atoms with Crippen LogP contribution in [-0.4, -0.2) is 66.7 Å². The predicted octanol–water partition coefficient (Wildman–Crippen LogP) is 2.18. The lowest BCUT2D eigenvalue weighted by Gasteiger charge is -2.29. The number of aryl methyl sites for hydroxylation is 1. The zero-order chi connectivity index (χ0) is 25.2. The number of nitrogens with zero attached hydrogens (tertiary/aromatic N) is 3. The molecule has 2 saturated heterocycles. The topological polar surface area (TPSA) is 109 Å². The lowest BCUT2D eigenvalue weighted by atomic mass is 10.0. The van der Waals surface area contributed by atoms with Crippen LogP contribution in [0.2, 0.25) is 0 Å². The Morgan fingerprint density at radius 1 is 1.14 bits per heavy atom. The number of nitrogens with one attached hydrogen (secondary N) is 1. The van der Waals surface area contributed by atoms with Gasteiger partial charge in [0.25, 0.3) is 5.91 Å². The highest BCUT2D eigenvalue weighted by molar-refractivity contribution is 7.89. The Labute approximate surface area is 206 Å². The molecule has 0 spiro atoms. The molecular formula is C25H34N4O5S. The minimum Gasteiger partial charge on any atom is -0.352 e. The van der Waals surface area contributed by atoms with E-state index in [1.807, 2.05) is 6.92 Å². The van der Waals surface area contributed by atoms with Gasteiger partial charge >= 0.3 is 0 Å². The van der Waals surface area contributed by atoms with Gasteiger partial charge in [-0.05, 0) is 56.7 Å². The normalized spacial score (nSPS) is 17.9. The van der Waals surface area contributed by atoms with E-state index in [4.69, 9.17) is 0 Å². The quantitative estimate of drug-likeness (QED) is 0.557. The number of amides is 2. The number of sulfonamides is 1. The van der Waals surface area contributed by atoms with E-state index >= 15 is 0 Å². The second-order valence-electron chi connectivity index (χ2n) is 9.52. The second-order valence-corrected chi connectivity index (χ2v) is 11.5. The predicted molar refractivity (Wildman–Crippen MR) is 134 cm³/mol. The van der Waals surface area contributed by atoms with E-state index in [9.17, 15) is 22.8 Å². The van der Waals surface area contributed by atoms with Crippen LogP contribution in [0.1, 0.15) is 56.3 Å². The molecule has 0 aliphatic carbocycles. The molecule has 4 rings (SSSR count). The molecule has 0 bridgehead atoms. The maximum atomic E-state index is 13.3. The molecule has 0 radical (unpaired) electrons. The zero-order valence-corrected chi connectivity index (χ0v) is 21.3. The molecule has 0 unspecified atom stereocenters. The molecule has 10 heteroatoms. The average molecular weight is 503 g/mol. The van der Waals surface area contributed by atoms with Crippen molar-refractivity contribution in [2.75, 3.05) is 32.7 Å². The highest BCUT2D eigenvalue weighted by atomic mass is 32.2. The molecule has 1 aromatic heterocycles. The third-order valence-electron chi connectivity index (χ3n) is 7.08. The van der Waals surface area contributed by atoms with Crippen molar-refractivity contribution in [3.05, 3.63) is 40.2 Å². The van der Waals surface area contributed by atoms with E-state index < -0.39 is 21.4 Å². The van der Waals surface area contributed by atoms with Gasteiger partial charge in [0.1, 0.15) is 5.56 Å². The van der Waals surface area contributed by atoms with Crippen LogP contribution in [0.25, 0.3) is 10.9 Å². The molecule has 35 heavy (non-hydrogen) atoms. The Kier molecular flexibility index (Phi) is 7.61. The van der Waals surface area contributed by atoms with Crippen molar-refractivity contribution in [2.45, 2.75) is 57.4 Å². The third kappa shape index (κ3) is 5.28. The molecule has 2 aliphatic heterocycles. The van der Waals surface area contributed by atoms with Crippen molar-refractivity contribution in [3.8, 4) is 0 Å². The molecule has 2 amide bonds. The van der Waals surface area contributed by atoms with Gasteiger partial charge in [-0.25, -0.2) is 8.42 Å². The van der Waals surface area contributed by atoms with Crippen LogP contribution in [0.15, 0.2) is 34.1 Å². The molecule has 3 heterocycles. The fourth-order valence-corrected chi connectivity index (χ4v) is 6.34. The summed E-state index contributed by atoms with van der Waals surface area (Å²) in [5.74, 6) is 0.137. The number of rotatable bonds is 8. The minimum absolute atomic E-state index is 0.0158. The number of pyridine rings is 1. The Hall–Kier alpha value is -2.72. The van der Waals surface area contributed by atoms with Gasteiger partial charge in [-0.2, -0.15) is 4.31 Å². The van der Waals surface area contributed by atoms with Crippen LogP contribution in [0.5, 0.6) is 0 Å². The van der Waals surface area contributed by atoms with Crippen LogP contribution < -0.4 is 10.7 Å². The Morgan fingerprint density at radius 3 is 2.54 bits per heavy atom. The number of carbonyl (C=O) groups excluding carboxylic acids is 2. The van der Waals surface area contributed by atoms with E-state index in [-0.39, 0.29) is 21.8 Å². The van der Waals surface area contributed by atoms with E-state index in [2.05, 4.69) is 12.2 Å². The van der Waals surface area contributed by atoms with Gasteiger partial charge < -0.3 is 14.8 Å². The summed E-state index contributed by atoms with van der Waals surface area (Å²) in [5, 5.41) is 2.99. The lowest BCUT2D eigenvalue weighted by Crippen LogP contribution is -2.38. The Balaban J connectivity index is 1.56. The van der Waals surface area contributed by atoms with Gasteiger partial charge in [-0.15, -0.1) is 0 Å². The Bertz CT molecular complexity index is 1280. The third-order valence-corrected chi connectivity index (χ3v) is 8.97. The summed E-state index contributed by atoms with van der Waals surface area (Å²) in [6.07, 6.45) is 5.20. The first-order valence-corrected chi connectivity index (χ1v) is 13.9. The Morgan fingerprint density at radius 2 is 1.89 bits per heavy atom. The first-order chi connectivity index (χ1) is 16.7. The van der Waals surface area contributed by atoms with Crippen molar-refractivity contribution in [2.24, 2.45) is 5.92 Å². The SMILES string of the molecule is CCn1cc(C(=O)NCCCN2CCCC2=O)c(=O)c2cc(S(=O)(=O)N3CCC(C)CC3)ccc21. The summed E-state index contributed by atoms with van der Waals surface area (Å²) in [6.45, 7) is 7.13. The number of likely N-dealkylation sites (tertiary alicyclic amines) is 1. The summed E-state index contributed by atoms with van der Waals surface area (Å²) in [6, 6.07) is 4.60. The van der Waals surface area contributed by atoms with Crippen molar-refractivity contribution in [1.29, 1.82) is 0 Å². The van der Waals surface area contributed by atoms with Crippen molar-refractivity contribution in [3.63, 3.8) is 0 Å². The number of carbonyl (C=O) groups is 2. The number of benzene rings is 1. The van der Waals surface area contributed by atoms with E-state index in [0.29, 0.717) is 57.0 Å². The van der Waals surface area contributed by atoms with Crippen molar-refractivity contribution in [1.82, 2.24) is 19.1 Å². The van der Waals surface area contributed by atoms with E-state index in [0.717, 1.165) is 25.8 Å². The van der Waals surface area contributed by atoms with Crippen LogP contribution in [-0.2, 0) is 21.4 Å². The summed E-state index contributed by atoms with van der Waals surface area (Å²) in [7, 11) is -3.72. The molecule has 9 nitrogen and oxygen atoms in total. The molecule has 1 N–H and O–H groups in total. The number of aromatic nitrogens is 1. The molecular weight excluding hydrogens is 468 g/mol. The molecule has 2 fully saturated rings. The summed E-state index contributed by atoms with van der Waals surface area (Å²) < 4.78 is 29.7. The monoisotopic (exact) mass is 502 g/mol. The van der Waals surface area contributed by atoms with E-state index in [1.54, 1.807) is 21.6 Å². The minimum atomic E-state index is -3.72. The highest BCUT2D eigenvalue weighted by Gasteiger charge is 2.29. The number of hydrogen-bond donors (Lipinski definition) is 1. The molecule has 0 atom stereocenters. The van der Waals surface area contributed by atoms with Crippen molar-refractivity contribution < 1.29 is 18.0 Å². The fourth-order valence-electron chi connectivity index (χ4n) is 4.84. The van der Waals surface area contributed by atoms with Gasteiger partial charge in [0.15, 0.2) is 0 Å². The average Bonchev–Trinajstić information content (AvgIpc) is 3.26. The zero-order valence-electron chi connectivity index (χ0n) is 20.5. The van der Waals surface area contributed by atoms with E-state index in [1.165, 1.54) is 16.6 Å². The summed E-state index contributed by atoms with van der Waals surface area (Å²) >= 11 is 0. The molecule has 2 aromatic rings. The number of fused-ring (bicyclic) bond motifs is 1. The molecule has 2 aliphatic rings. The first-order valence-electron chi connectivity index (χ1n) is 12.5.